The molecule has 3 rings (SSSR count). The Balaban J connectivity index is 2.60. The Morgan fingerprint density at radius 2 is 1.73 bits per heavy atom. The topological polar surface area (TPSA) is 103 Å². The summed E-state index contributed by atoms with van der Waals surface area (Å²) in [4.78, 5) is 28.6. The predicted octanol–water partition coefficient (Wildman–Crippen LogP) is 4.44. The number of nitro groups is 2. The summed E-state index contributed by atoms with van der Waals surface area (Å²) in [6.07, 6.45) is 0. The van der Waals surface area contributed by atoms with Crippen molar-refractivity contribution in [2.75, 3.05) is 0 Å². The van der Waals surface area contributed by atoms with Crippen LogP contribution < -0.4 is 0 Å². The van der Waals surface area contributed by atoms with Crippen LogP contribution in [-0.2, 0) is 0 Å². The highest BCUT2D eigenvalue weighted by Gasteiger charge is 2.36. The molecule has 128 valence electrons. The summed E-state index contributed by atoms with van der Waals surface area (Å²) in [6.45, 7) is 14.4. The second kappa shape index (κ2) is 5.89. The normalized spacial score (nSPS) is 13.4. The van der Waals surface area contributed by atoms with E-state index in [1.165, 1.54) is 6.07 Å². The van der Waals surface area contributed by atoms with Crippen LogP contribution >= 0.6 is 0 Å². The maximum atomic E-state index is 11.6. The Bertz CT molecular complexity index is 1090. The lowest BCUT2D eigenvalue weighted by Crippen LogP contribution is -1.97. The minimum absolute atomic E-state index is 0.0511. The first-order valence-electron chi connectivity index (χ1n) is 7.47. The van der Waals surface area contributed by atoms with E-state index < -0.39 is 15.5 Å². The van der Waals surface area contributed by atoms with Crippen LogP contribution in [0.5, 0.6) is 0 Å². The van der Waals surface area contributed by atoms with Crippen molar-refractivity contribution >= 4 is 23.7 Å². The molecule has 2 aromatic carbocycles. The van der Waals surface area contributed by atoms with E-state index in [9.17, 15) is 20.2 Å². The number of non-ortho nitro benzene ring substituents is 1. The van der Waals surface area contributed by atoms with Crippen molar-refractivity contribution in [1.82, 2.24) is 0 Å². The number of benzene rings is 2. The monoisotopic (exact) mass is 348 g/mol. The van der Waals surface area contributed by atoms with Crippen LogP contribution in [0.3, 0.4) is 0 Å². The Hall–Kier alpha value is -3.86. The third-order valence-electron chi connectivity index (χ3n) is 4.26. The molecule has 8 nitrogen and oxygen atoms in total. The lowest BCUT2D eigenvalue weighted by atomic mass is 9.96. The molecule has 0 spiro atoms. The van der Waals surface area contributed by atoms with E-state index in [0.29, 0.717) is 16.7 Å². The molecular weight excluding hydrogens is 336 g/mol. The minimum atomic E-state index is -0.690. The van der Waals surface area contributed by atoms with Gasteiger partial charge in [0.2, 0.25) is 0 Å². The Labute approximate surface area is 148 Å². The Morgan fingerprint density at radius 1 is 1.08 bits per heavy atom. The third kappa shape index (κ3) is 2.34. The maximum absolute atomic E-state index is 11.6. The molecule has 0 amide bonds. The van der Waals surface area contributed by atoms with E-state index >= 15 is 0 Å². The molecule has 2 aromatic rings. The summed E-state index contributed by atoms with van der Waals surface area (Å²) in [5.74, 6) is -0.0511. The highest BCUT2D eigenvalue weighted by Crippen LogP contribution is 2.52. The number of fused-ring (bicyclic) bond motifs is 3. The number of nitrogens with zero attached hydrogens (tertiary/aromatic N) is 4. The fourth-order valence-electron chi connectivity index (χ4n) is 3.37. The van der Waals surface area contributed by atoms with Gasteiger partial charge >= 0.3 is 0 Å². The number of hydrogen-bond acceptors (Lipinski definition) is 5. The van der Waals surface area contributed by atoms with Crippen molar-refractivity contribution in [1.29, 1.82) is 0 Å². The molecule has 0 fully saturated rings. The number of aliphatic imine (C=N–C) groups is 1. The molecule has 1 aliphatic rings. The van der Waals surface area contributed by atoms with Gasteiger partial charge in [0.05, 0.1) is 28.2 Å². The van der Waals surface area contributed by atoms with Gasteiger partial charge in [0.25, 0.3) is 17.2 Å². The van der Waals surface area contributed by atoms with E-state index in [4.69, 9.17) is 6.57 Å². The van der Waals surface area contributed by atoms with Crippen molar-refractivity contribution in [3.05, 3.63) is 84.0 Å². The lowest BCUT2D eigenvalue weighted by Gasteiger charge is -2.08. The zero-order valence-corrected chi connectivity index (χ0v) is 13.9. The lowest BCUT2D eigenvalue weighted by molar-refractivity contribution is -0.393. The van der Waals surface area contributed by atoms with Crippen molar-refractivity contribution in [2.24, 2.45) is 4.99 Å². The van der Waals surface area contributed by atoms with Crippen LogP contribution in [0.4, 0.5) is 11.4 Å². The molecule has 1 aliphatic carbocycles. The summed E-state index contributed by atoms with van der Waals surface area (Å²) in [6, 6.07) is 5.87. The average Bonchev–Trinajstić information content (AvgIpc) is 2.89. The summed E-state index contributed by atoms with van der Waals surface area (Å²) < 4.78 is 0. The fraction of sp³-hybridized carbons (Fsp3) is 0.111. The molecule has 0 saturated carbocycles. The maximum Gasteiger partial charge on any atom is 0.284 e. The first-order valence-corrected chi connectivity index (χ1v) is 7.47. The second-order valence-corrected chi connectivity index (χ2v) is 5.87. The van der Waals surface area contributed by atoms with Crippen molar-refractivity contribution < 1.29 is 9.85 Å². The van der Waals surface area contributed by atoms with Crippen LogP contribution in [0, 0.1) is 40.6 Å². The van der Waals surface area contributed by atoms with Crippen LogP contribution in [0.2, 0.25) is 0 Å². The van der Waals surface area contributed by atoms with E-state index in [-0.39, 0.29) is 22.6 Å². The van der Waals surface area contributed by atoms with Gasteiger partial charge in [-0.2, -0.15) is 0 Å². The zero-order valence-electron chi connectivity index (χ0n) is 13.9. The van der Waals surface area contributed by atoms with Crippen LogP contribution in [0.1, 0.15) is 22.3 Å². The van der Waals surface area contributed by atoms with Gasteiger partial charge in [-0.1, -0.05) is 24.3 Å². The van der Waals surface area contributed by atoms with E-state index in [2.05, 4.69) is 16.6 Å². The van der Waals surface area contributed by atoms with Gasteiger partial charge in [0.15, 0.2) is 0 Å². The summed E-state index contributed by atoms with van der Waals surface area (Å²) in [7, 11) is 0. The van der Waals surface area contributed by atoms with Crippen LogP contribution in [0.25, 0.3) is 21.5 Å². The van der Waals surface area contributed by atoms with Crippen molar-refractivity contribution in [3.63, 3.8) is 0 Å². The molecule has 0 aliphatic heterocycles. The predicted molar refractivity (Wildman–Crippen MR) is 96.8 cm³/mol. The second-order valence-electron chi connectivity index (χ2n) is 5.87. The van der Waals surface area contributed by atoms with Crippen LogP contribution in [-0.4, -0.2) is 16.6 Å². The summed E-state index contributed by atoms with van der Waals surface area (Å²) >= 11 is 0. The smallest absolute Gasteiger partial charge is 0.284 e. The van der Waals surface area contributed by atoms with Crippen LogP contribution in [0.15, 0.2) is 35.1 Å². The zero-order chi connectivity index (χ0) is 19.2. The molecule has 0 saturated heterocycles. The van der Waals surface area contributed by atoms with E-state index in [1.54, 1.807) is 6.07 Å². The molecule has 0 bridgehead atoms. The van der Waals surface area contributed by atoms with Gasteiger partial charge in [-0.15, -0.1) is 4.99 Å². The van der Waals surface area contributed by atoms with Crippen molar-refractivity contribution in [2.45, 2.75) is 13.8 Å². The average molecular weight is 348 g/mol. The first kappa shape index (κ1) is 17.0. The molecule has 0 radical (unpaired) electrons. The number of nitro benzene ring substituents is 2. The third-order valence-corrected chi connectivity index (χ3v) is 4.26. The van der Waals surface area contributed by atoms with Gasteiger partial charge in [0.1, 0.15) is 0 Å². The van der Waals surface area contributed by atoms with Gasteiger partial charge in [-0.3, -0.25) is 20.2 Å². The van der Waals surface area contributed by atoms with Gasteiger partial charge in [-0.25, -0.2) is 0 Å². The van der Waals surface area contributed by atoms with E-state index in [0.717, 1.165) is 17.2 Å². The number of hydrogen-bond donors (Lipinski definition) is 0. The number of rotatable bonds is 3. The van der Waals surface area contributed by atoms with E-state index in [1.807, 2.05) is 19.9 Å². The first-order chi connectivity index (χ1) is 12.3. The van der Waals surface area contributed by atoms with Gasteiger partial charge in [-0.05, 0) is 36.1 Å². The fourth-order valence-corrected chi connectivity index (χ4v) is 3.37. The highest BCUT2D eigenvalue weighted by molar-refractivity contribution is 6.07. The highest BCUT2D eigenvalue weighted by atomic mass is 16.6. The molecule has 0 aromatic heterocycles. The molecule has 0 N–H and O–H groups in total. The molecule has 8 heteroatoms. The van der Waals surface area contributed by atoms with Gasteiger partial charge in [0, 0.05) is 11.6 Å². The molecule has 0 heterocycles. The SMILES string of the molecule is [C-]#[N+]/C(N=C)=C1\c2cc(C)cc(C)c2-c2c1cc([N+](=O)[O-])cc2[N+](=O)[O-]. The minimum Gasteiger partial charge on any atom is -0.360 e. The summed E-state index contributed by atoms with van der Waals surface area (Å²) in [5, 5.41) is 22.9. The van der Waals surface area contributed by atoms with Gasteiger partial charge < -0.3 is 4.85 Å². The molecule has 0 unspecified atom stereocenters. The standard InChI is InChI=1S/C18H12N4O4/c1-9-5-10(2)15-12(6-9)16(18(19-3)20-4)13-7-11(21(23)24)8-14(17(13)15)22(25)26/h5-8H,3H2,1-2H3/b18-16+. The molecular formula is C18H12N4O4. The summed E-state index contributed by atoms with van der Waals surface area (Å²) in [5.41, 5.74) is 2.94. The number of aryl methyl sites for hydroxylation is 2. The Morgan fingerprint density at radius 3 is 2.27 bits per heavy atom. The Kier molecular flexibility index (Phi) is 3.85. The van der Waals surface area contributed by atoms with Crippen molar-refractivity contribution in [3.8, 4) is 11.1 Å². The molecule has 0 atom stereocenters. The largest absolute Gasteiger partial charge is 0.360 e. The quantitative estimate of drug-likeness (QED) is 0.302. The molecule has 26 heavy (non-hydrogen) atoms.